The van der Waals surface area contributed by atoms with Crippen molar-refractivity contribution in [3.8, 4) is 0 Å². The smallest absolute Gasteiger partial charge is 0.417 e. The summed E-state index contributed by atoms with van der Waals surface area (Å²) in [6, 6.07) is 5.98. The molecule has 3 aromatic heterocycles. The Morgan fingerprint density at radius 3 is 2.69 bits per heavy atom. The number of pyridine rings is 1. The highest BCUT2D eigenvalue weighted by atomic mass is 35.5. The van der Waals surface area contributed by atoms with Crippen molar-refractivity contribution in [2.45, 2.75) is 30.9 Å². The zero-order valence-corrected chi connectivity index (χ0v) is 16.7. The normalized spacial score (nSPS) is 12.2. The highest BCUT2D eigenvalue weighted by Crippen LogP contribution is 2.34. The molecule has 0 aliphatic carbocycles. The van der Waals surface area contributed by atoms with Crippen LogP contribution in [0, 0.1) is 13.8 Å². The summed E-state index contributed by atoms with van der Waals surface area (Å²) in [7, 11) is 0. The Hall–Kier alpha value is -2.52. The minimum Gasteiger partial charge on any atom is -0.422 e. The van der Waals surface area contributed by atoms with Gasteiger partial charge in [-0.2, -0.15) is 13.2 Å². The predicted molar refractivity (Wildman–Crippen MR) is 105 cm³/mol. The molecule has 29 heavy (non-hydrogen) atoms. The summed E-state index contributed by atoms with van der Waals surface area (Å²) >= 11 is 7.10. The van der Waals surface area contributed by atoms with Crippen LogP contribution in [-0.4, -0.2) is 14.6 Å². The summed E-state index contributed by atoms with van der Waals surface area (Å²) in [5.41, 5.74) is 1.79. The van der Waals surface area contributed by atoms with Gasteiger partial charge in [-0.15, -0.1) is 10.2 Å². The molecule has 150 valence electrons. The largest absolute Gasteiger partial charge is 0.422 e. The maximum absolute atomic E-state index is 13.1. The van der Waals surface area contributed by atoms with Crippen LogP contribution in [0.2, 0.25) is 5.02 Å². The Bertz CT molecular complexity index is 1310. The molecule has 0 bridgehead atoms. The van der Waals surface area contributed by atoms with Crippen LogP contribution in [-0.2, 0) is 11.9 Å². The van der Waals surface area contributed by atoms with E-state index in [9.17, 15) is 18.0 Å². The van der Waals surface area contributed by atoms with E-state index in [1.807, 2.05) is 26.0 Å². The van der Waals surface area contributed by atoms with Gasteiger partial charge in [-0.05, 0) is 36.6 Å². The van der Waals surface area contributed by atoms with E-state index >= 15 is 0 Å². The van der Waals surface area contributed by atoms with E-state index in [2.05, 4.69) is 10.2 Å². The third kappa shape index (κ3) is 3.60. The molecule has 4 rings (SSSR count). The molecule has 0 radical (unpaired) electrons. The highest BCUT2D eigenvalue weighted by molar-refractivity contribution is 7.98. The van der Waals surface area contributed by atoms with Crippen LogP contribution in [0.4, 0.5) is 13.2 Å². The molecule has 10 heteroatoms. The van der Waals surface area contributed by atoms with Gasteiger partial charge in [0, 0.05) is 23.4 Å². The van der Waals surface area contributed by atoms with Gasteiger partial charge >= 0.3 is 11.8 Å². The first-order valence-corrected chi connectivity index (χ1v) is 9.78. The molecule has 5 nitrogen and oxygen atoms in total. The van der Waals surface area contributed by atoms with Crippen LogP contribution in [0.1, 0.15) is 22.3 Å². The summed E-state index contributed by atoms with van der Waals surface area (Å²) in [6.45, 7) is 3.78. The number of aryl methyl sites for hydroxylation is 2. The molecule has 0 spiro atoms. The van der Waals surface area contributed by atoms with Gasteiger partial charge in [0.05, 0.1) is 10.6 Å². The number of nitrogens with zero attached hydrogens (tertiary/aromatic N) is 3. The van der Waals surface area contributed by atoms with E-state index in [1.54, 1.807) is 0 Å². The zero-order valence-electron chi connectivity index (χ0n) is 15.2. The summed E-state index contributed by atoms with van der Waals surface area (Å²) in [5.74, 6) is 0.291. The molecule has 3 heterocycles. The van der Waals surface area contributed by atoms with Crippen molar-refractivity contribution in [3.63, 3.8) is 0 Å². The maximum atomic E-state index is 13.1. The first kappa shape index (κ1) is 19.8. The van der Waals surface area contributed by atoms with Gasteiger partial charge in [-0.1, -0.05) is 35.5 Å². The van der Waals surface area contributed by atoms with Gasteiger partial charge in [0.25, 0.3) is 0 Å². The molecule has 0 aliphatic rings. The van der Waals surface area contributed by atoms with Crippen molar-refractivity contribution >= 4 is 40.0 Å². The van der Waals surface area contributed by atoms with Gasteiger partial charge in [0.15, 0.2) is 10.8 Å². The Morgan fingerprint density at radius 1 is 1.21 bits per heavy atom. The summed E-state index contributed by atoms with van der Waals surface area (Å²) in [5, 5.41) is 8.68. The number of benzene rings is 1. The number of hydrogen-bond acceptors (Lipinski definition) is 5. The number of halogens is 4. The number of hydrogen-bond donors (Lipinski definition) is 0. The van der Waals surface area contributed by atoms with Gasteiger partial charge in [-0.25, -0.2) is 4.79 Å². The molecular formula is C19H13ClF3N3O2S. The fourth-order valence-corrected chi connectivity index (χ4v) is 4.12. The van der Waals surface area contributed by atoms with Crippen LogP contribution in [0.25, 0.3) is 16.6 Å². The molecule has 0 unspecified atom stereocenters. The van der Waals surface area contributed by atoms with Crippen molar-refractivity contribution in [3.05, 3.63) is 68.2 Å². The summed E-state index contributed by atoms with van der Waals surface area (Å²) < 4.78 is 45.9. The van der Waals surface area contributed by atoms with E-state index in [0.29, 0.717) is 16.9 Å². The summed E-state index contributed by atoms with van der Waals surface area (Å²) in [6.07, 6.45) is -3.64. The lowest BCUT2D eigenvalue weighted by Gasteiger charge is -2.10. The quantitative estimate of drug-likeness (QED) is 0.315. The van der Waals surface area contributed by atoms with Crippen molar-refractivity contribution in [1.29, 1.82) is 0 Å². The third-order valence-corrected chi connectivity index (χ3v) is 5.90. The van der Waals surface area contributed by atoms with Crippen molar-refractivity contribution in [1.82, 2.24) is 14.6 Å². The first-order chi connectivity index (χ1) is 13.6. The maximum Gasteiger partial charge on any atom is 0.417 e. The minimum atomic E-state index is -4.55. The lowest BCUT2D eigenvalue weighted by molar-refractivity contribution is -0.137. The van der Waals surface area contributed by atoms with E-state index in [1.165, 1.54) is 10.5 Å². The third-order valence-electron chi connectivity index (χ3n) is 4.63. The second-order valence-corrected chi connectivity index (χ2v) is 7.86. The molecule has 0 N–H and O–H groups in total. The standard InChI is InChI=1S/C19H13ClF3N3O2S/c1-9-3-4-13-11(5-15(27)28-16(13)10(9)2)8-29-18-25-24-17-14(20)6-12(7-26(17)18)19(21,22)23/h3-7H,8H2,1-2H3. The van der Waals surface area contributed by atoms with E-state index in [-0.39, 0.29) is 15.8 Å². The van der Waals surface area contributed by atoms with Crippen LogP contribution >= 0.6 is 23.4 Å². The fraction of sp³-hybridized carbons (Fsp3) is 0.211. The Balaban J connectivity index is 1.75. The molecule has 0 aliphatic heterocycles. The van der Waals surface area contributed by atoms with E-state index in [0.717, 1.165) is 40.5 Å². The van der Waals surface area contributed by atoms with Crippen molar-refractivity contribution in [2.24, 2.45) is 0 Å². The monoisotopic (exact) mass is 439 g/mol. The SMILES string of the molecule is Cc1ccc2c(CSc3nnc4c(Cl)cc(C(F)(F)F)cn34)cc(=O)oc2c1C. The number of thioether (sulfide) groups is 1. The molecule has 0 fully saturated rings. The fourth-order valence-electron chi connectivity index (χ4n) is 2.97. The van der Waals surface area contributed by atoms with Gasteiger partial charge in [0.1, 0.15) is 5.58 Å². The first-order valence-electron chi connectivity index (χ1n) is 8.42. The van der Waals surface area contributed by atoms with Gasteiger partial charge in [-0.3, -0.25) is 4.40 Å². The topological polar surface area (TPSA) is 60.4 Å². The Labute approximate surface area is 171 Å². The van der Waals surface area contributed by atoms with Crippen LogP contribution in [0.5, 0.6) is 0 Å². The minimum absolute atomic E-state index is 0.131. The highest BCUT2D eigenvalue weighted by Gasteiger charge is 2.32. The van der Waals surface area contributed by atoms with Crippen molar-refractivity contribution < 1.29 is 17.6 Å². The molecule has 4 aromatic rings. The van der Waals surface area contributed by atoms with Crippen LogP contribution in [0.15, 0.2) is 44.8 Å². The Kier molecular flexibility index (Phi) is 4.82. The van der Waals surface area contributed by atoms with Crippen molar-refractivity contribution in [2.75, 3.05) is 0 Å². The number of aromatic nitrogens is 3. The average molecular weight is 440 g/mol. The van der Waals surface area contributed by atoms with E-state index in [4.69, 9.17) is 16.0 Å². The molecular weight excluding hydrogens is 427 g/mol. The number of alkyl halides is 3. The van der Waals surface area contributed by atoms with Gasteiger partial charge in [0.2, 0.25) is 0 Å². The second-order valence-electron chi connectivity index (χ2n) is 6.51. The van der Waals surface area contributed by atoms with Gasteiger partial charge < -0.3 is 4.42 Å². The lowest BCUT2D eigenvalue weighted by atomic mass is 10.0. The predicted octanol–water partition coefficient (Wildman–Crippen LogP) is 5.42. The van der Waals surface area contributed by atoms with Crippen LogP contribution in [0.3, 0.4) is 0 Å². The molecule has 0 saturated heterocycles. The molecule has 0 amide bonds. The summed E-state index contributed by atoms with van der Waals surface area (Å²) in [4.78, 5) is 12.0. The average Bonchev–Trinajstić information content (AvgIpc) is 3.06. The van der Waals surface area contributed by atoms with E-state index < -0.39 is 17.4 Å². The lowest BCUT2D eigenvalue weighted by Crippen LogP contribution is -2.07. The Morgan fingerprint density at radius 2 is 1.97 bits per heavy atom. The zero-order chi connectivity index (χ0) is 20.9. The molecule has 0 atom stereocenters. The van der Waals surface area contributed by atoms with Crippen LogP contribution < -0.4 is 5.63 Å². The number of rotatable bonds is 3. The molecule has 0 saturated carbocycles. The molecule has 1 aromatic carbocycles. The second kappa shape index (κ2) is 7.07. The number of fused-ring (bicyclic) bond motifs is 2.